The Bertz CT molecular complexity index is 445. The van der Waals surface area contributed by atoms with Crippen LogP contribution in [0.5, 0.6) is 0 Å². The van der Waals surface area contributed by atoms with Gasteiger partial charge in [0.1, 0.15) is 0 Å². The van der Waals surface area contributed by atoms with Crippen molar-refractivity contribution in [3.05, 3.63) is 28.8 Å². The number of H-pyrrole nitrogens is 1. The molecule has 0 radical (unpaired) electrons. The van der Waals surface area contributed by atoms with Crippen LogP contribution in [0.4, 0.5) is 0 Å². The van der Waals surface area contributed by atoms with Crippen molar-refractivity contribution in [2.75, 3.05) is 13.6 Å². The van der Waals surface area contributed by atoms with E-state index in [9.17, 15) is 0 Å². The van der Waals surface area contributed by atoms with E-state index in [2.05, 4.69) is 35.6 Å². The largest absolute Gasteiger partial charge is 0.367 e. The van der Waals surface area contributed by atoms with Gasteiger partial charge in [-0.25, -0.2) is 4.98 Å². The number of aromatic amines is 1. The van der Waals surface area contributed by atoms with Crippen molar-refractivity contribution in [3.63, 3.8) is 0 Å². The minimum Gasteiger partial charge on any atom is -0.367 e. The molecule has 92 valence electrons. The predicted octanol–water partition coefficient (Wildman–Crippen LogP) is 3.10. The van der Waals surface area contributed by atoms with Crippen molar-refractivity contribution in [1.82, 2.24) is 15.3 Å². The molecule has 0 amide bonds. The molecule has 1 unspecified atom stereocenters. The average molecular weight is 249 g/mol. The van der Waals surface area contributed by atoms with Gasteiger partial charge in [-0.2, -0.15) is 0 Å². The Morgan fingerprint density at radius 3 is 2.88 bits per heavy atom. The molecule has 0 saturated carbocycles. The molecular weight excluding hydrogens is 230 g/mol. The third-order valence-electron chi connectivity index (χ3n) is 2.96. The Morgan fingerprint density at radius 2 is 2.29 bits per heavy atom. The van der Waals surface area contributed by atoms with Crippen LogP contribution >= 0.6 is 11.3 Å². The predicted molar refractivity (Wildman–Crippen MR) is 73.4 cm³/mol. The van der Waals surface area contributed by atoms with E-state index >= 15 is 0 Å². The normalized spacial score (nSPS) is 13.2. The van der Waals surface area contributed by atoms with Gasteiger partial charge < -0.3 is 10.3 Å². The molecular formula is C13H19N3S. The van der Waals surface area contributed by atoms with Gasteiger partial charge in [-0.15, -0.1) is 11.3 Å². The van der Waals surface area contributed by atoms with Crippen LogP contribution < -0.4 is 5.32 Å². The third kappa shape index (κ3) is 2.76. The number of aromatic nitrogens is 2. The summed E-state index contributed by atoms with van der Waals surface area (Å²) >= 11 is 1.76. The van der Waals surface area contributed by atoms with Crippen LogP contribution in [-0.4, -0.2) is 23.6 Å². The van der Waals surface area contributed by atoms with E-state index in [1.807, 2.05) is 19.4 Å². The second kappa shape index (κ2) is 5.47. The first-order chi connectivity index (χ1) is 8.22. The summed E-state index contributed by atoms with van der Waals surface area (Å²) in [6.07, 6.45) is 3.92. The molecule has 2 rings (SSSR count). The Morgan fingerprint density at radius 1 is 1.47 bits per heavy atom. The van der Waals surface area contributed by atoms with Gasteiger partial charge in [0, 0.05) is 35.8 Å². The molecule has 0 spiro atoms. The second-order valence-corrected chi connectivity index (χ2v) is 5.47. The van der Waals surface area contributed by atoms with E-state index in [1.165, 1.54) is 10.6 Å². The van der Waals surface area contributed by atoms with E-state index in [1.54, 1.807) is 11.3 Å². The van der Waals surface area contributed by atoms with E-state index < -0.39 is 0 Å². The topological polar surface area (TPSA) is 40.7 Å². The highest BCUT2D eigenvalue weighted by atomic mass is 32.1. The minimum absolute atomic E-state index is 0.498. The molecule has 3 nitrogen and oxygen atoms in total. The zero-order valence-electron chi connectivity index (χ0n) is 10.5. The van der Waals surface area contributed by atoms with Gasteiger partial charge in [-0.05, 0) is 19.0 Å². The highest BCUT2D eigenvalue weighted by Crippen LogP contribution is 2.30. The van der Waals surface area contributed by atoms with Crippen molar-refractivity contribution < 1.29 is 0 Å². The molecule has 0 aliphatic rings. The van der Waals surface area contributed by atoms with Gasteiger partial charge in [-0.3, -0.25) is 0 Å². The summed E-state index contributed by atoms with van der Waals surface area (Å²) in [5.74, 6) is 1.10. The molecule has 0 fully saturated rings. The molecule has 0 aromatic carbocycles. The molecule has 2 heterocycles. The van der Waals surface area contributed by atoms with Crippen LogP contribution in [-0.2, 0) is 0 Å². The van der Waals surface area contributed by atoms with E-state index in [4.69, 9.17) is 4.98 Å². The Labute approximate surface area is 106 Å². The van der Waals surface area contributed by atoms with Crippen molar-refractivity contribution in [2.45, 2.75) is 19.8 Å². The van der Waals surface area contributed by atoms with E-state index in [-0.39, 0.29) is 0 Å². The van der Waals surface area contributed by atoms with Crippen molar-refractivity contribution in [1.29, 1.82) is 0 Å². The lowest BCUT2D eigenvalue weighted by atomic mass is 9.96. The van der Waals surface area contributed by atoms with Crippen molar-refractivity contribution in [2.24, 2.45) is 5.92 Å². The van der Waals surface area contributed by atoms with Crippen molar-refractivity contribution >= 4 is 11.3 Å². The fourth-order valence-electron chi connectivity index (χ4n) is 1.90. The summed E-state index contributed by atoms with van der Waals surface area (Å²) in [6.45, 7) is 5.48. The van der Waals surface area contributed by atoms with Gasteiger partial charge in [0.2, 0.25) is 0 Å². The summed E-state index contributed by atoms with van der Waals surface area (Å²) in [4.78, 5) is 7.82. The number of nitrogens with one attached hydrogen (secondary N) is 2. The lowest BCUT2D eigenvalue weighted by Gasteiger charge is -2.17. The molecule has 0 aliphatic carbocycles. The van der Waals surface area contributed by atoms with E-state index in [0.717, 1.165) is 12.2 Å². The van der Waals surface area contributed by atoms with Gasteiger partial charge in [0.05, 0.1) is 10.7 Å². The standard InChI is InChI=1S/C13H19N3S/c1-9(2)11(7-14-3)13-16-12(8-17-13)10-4-5-15-6-10/h4-6,8-9,11,14-15H,7H2,1-3H3. The van der Waals surface area contributed by atoms with Gasteiger partial charge in [0.15, 0.2) is 0 Å². The maximum absolute atomic E-state index is 4.75. The smallest absolute Gasteiger partial charge is 0.0978 e. The average Bonchev–Trinajstić information content (AvgIpc) is 2.95. The molecule has 0 aliphatic heterocycles. The highest BCUT2D eigenvalue weighted by molar-refractivity contribution is 7.10. The number of rotatable bonds is 5. The third-order valence-corrected chi connectivity index (χ3v) is 3.94. The highest BCUT2D eigenvalue weighted by Gasteiger charge is 2.19. The summed E-state index contributed by atoms with van der Waals surface area (Å²) in [5, 5.41) is 6.62. The molecule has 4 heteroatoms. The Balaban J connectivity index is 2.22. The fourth-order valence-corrected chi connectivity index (χ4v) is 3.00. The van der Waals surface area contributed by atoms with Gasteiger partial charge in [0.25, 0.3) is 0 Å². The first-order valence-corrected chi connectivity index (χ1v) is 6.83. The fraction of sp³-hybridized carbons (Fsp3) is 0.462. The van der Waals surface area contributed by atoms with Gasteiger partial charge >= 0.3 is 0 Å². The summed E-state index contributed by atoms with van der Waals surface area (Å²) in [6, 6.07) is 2.06. The number of likely N-dealkylation sites (N-methyl/N-ethyl adjacent to an activating group) is 1. The molecule has 2 aromatic heterocycles. The SMILES string of the molecule is CNCC(c1nc(-c2cc[nH]c2)cs1)C(C)C. The Kier molecular flexibility index (Phi) is 3.97. The maximum Gasteiger partial charge on any atom is 0.0978 e. The van der Waals surface area contributed by atoms with Crippen LogP contribution in [0.2, 0.25) is 0 Å². The number of nitrogens with zero attached hydrogens (tertiary/aromatic N) is 1. The van der Waals surface area contributed by atoms with Crippen LogP contribution in [0.15, 0.2) is 23.8 Å². The zero-order valence-corrected chi connectivity index (χ0v) is 11.3. The number of hydrogen-bond acceptors (Lipinski definition) is 3. The number of thiazole rings is 1. The lowest BCUT2D eigenvalue weighted by Crippen LogP contribution is -2.21. The van der Waals surface area contributed by atoms with Crippen molar-refractivity contribution in [3.8, 4) is 11.3 Å². The maximum atomic E-state index is 4.75. The van der Waals surface area contributed by atoms with Crippen LogP contribution in [0.25, 0.3) is 11.3 Å². The zero-order chi connectivity index (χ0) is 12.3. The molecule has 0 saturated heterocycles. The summed E-state index contributed by atoms with van der Waals surface area (Å²) < 4.78 is 0. The molecule has 1 atom stereocenters. The lowest BCUT2D eigenvalue weighted by molar-refractivity contribution is 0.477. The van der Waals surface area contributed by atoms with Crippen LogP contribution in [0.3, 0.4) is 0 Å². The number of hydrogen-bond donors (Lipinski definition) is 2. The molecule has 17 heavy (non-hydrogen) atoms. The Hall–Kier alpha value is -1.13. The molecule has 2 aromatic rings. The van der Waals surface area contributed by atoms with E-state index in [0.29, 0.717) is 11.8 Å². The van der Waals surface area contributed by atoms with Crippen LogP contribution in [0.1, 0.15) is 24.8 Å². The minimum atomic E-state index is 0.498. The summed E-state index contributed by atoms with van der Waals surface area (Å²) in [5.41, 5.74) is 2.24. The second-order valence-electron chi connectivity index (χ2n) is 4.58. The molecule has 2 N–H and O–H groups in total. The summed E-state index contributed by atoms with van der Waals surface area (Å²) in [7, 11) is 2.00. The first kappa shape index (κ1) is 12.3. The quantitative estimate of drug-likeness (QED) is 0.855. The molecule has 0 bridgehead atoms. The van der Waals surface area contributed by atoms with Gasteiger partial charge in [-0.1, -0.05) is 13.8 Å². The monoisotopic (exact) mass is 249 g/mol. The first-order valence-electron chi connectivity index (χ1n) is 5.95. The van der Waals surface area contributed by atoms with Crippen LogP contribution in [0, 0.1) is 5.92 Å².